The SMILES string of the molecule is CNc1ccc([N+](=O)[O-])cc1C(=O)OCC(=O)N[C@H](C)c1ccccc1. The number of amides is 1. The van der Waals surface area contributed by atoms with Crippen LogP contribution in [0, 0.1) is 10.1 Å². The van der Waals surface area contributed by atoms with Crippen LogP contribution in [0.3, 0.4) is 0 Å². The summed E-state index contributed by atoms with van der Waals surface area (Å²) in [6.07, 6.45) is 0. The summed E-state index contributed by atoms with van der Waals surface area (Å²) in [6, 6.07) is 12.9. The topological polar surface area (TPSA) is 111 Å². The third-order valence-corrected chi connectivity index (χ3v) is 3.71. The monoisotopic (exact) mass is 357 g/mol. The van der Waals surface area contributed by atoms with Crippen molar-refractivity contribution >= 4 is 23.3 Å². The number of nitro groups is 1. The Bertz CT molecular complexity index is 808. The van der Waals surface area contributed by atoms with E-state index in [-0.39, 0.29) is 17.3 Å². The van der Waals surface area contributed by atoms with E-state index in [0.717, 1.165) is 11.6 Å². The standard InChI is InChI=1S/C18H19N3O5/c1-12(13-6-4-3-5-7-13)20-17(22)11-26-18(23)15-10-14(21(24)25)8-9-16(15)19-2/h3-10,12,19H,11H2,1-2H3,(H,20,22)/t12-/m1/s1. The van der Waals surface area contributed by atoms with Gasteiger partial charge in [0.1, 0.15) is 0 Å². The molecule has 0 bridgehead atoms. The van der Waals surface area contributed by atoms with Gasteiger partial charge < -0.3 is 15.4 Å². The number of ether oxygens (including phenoxy) is 1. The summed E-state index contributed by atoms with van der Waals surface area (Å²) < 4.78 is 4.99. The Morgan fingerprint density at radius 1 is 1.19 bits per heavy atom. The van der Waals surface area contributed by atoms with Crippen molar-refractivity contribution in [2.24, 2.45) is 0 Å². The molecule has 0 aliphatic rings. The van der Waals surface area contributed by atoms with Crippen molar-refractivity contribution in [3.63, 3.8) is 0 Å². The summed E-state index contributed by atoms with van der Waals surface area (Å²) in [6.45, 7) is 1.33. The molecule has 1 amide bonds. The molecule has 2 aromatic carbocycles. The third-order valence-electron chi connectivity index (χ3n) is 3.71. The van der Waals surface area contributed by atoms with E-state index < -0.39 is 23.4 Å². The molecule has 26 heavy (non-hydrogen) atoms. The number of esters is 1. The molecule has 0 heterocycles. The normalized spacial score (nSPS) is 11.3. The van der Waals surface area contributed by atoms with Crippen LogP contribution in [0.25, 0.3) is 0 Å². The van der Waals surface area contributed by atoms with Gasteiger partial charge in [0.25, 0.3) is 11.6 Å². The highest BCUT2D eigenvalue weighted by Crippen LogP contribution is 2.22. The zero-order valence-electron chi connectivity index (χ0n) is 14.4. The van der Waals surface area contributed by atoms with Gasteiger partial charge >= 0.3 is 5.97 Å². The van der Waals surface area contributed by atoms with Gasteiger partial charge in [0, 0.05) is 24.9 Å². The quantitative estimate of drug-likeness (QED) is 0.448. The van der Waals surface area contributed by atoms with Crippen LogP contribution in [0.4, 0.5) is 11.4 Å². The molecule has 0 unspecified atom stereocenters. The van der Waals surface area contributed by atoms with E-state index in [1.807, 2.05) is 37.3 Å². The number of carbonyl (C=O) groups is 2. The van der Waals surface area contributed by atoms with Crippen LogP contribution >= 0.6 is 0 Å². The molecule has 8 nitrogen and oxygen atoms in total. The minimum atomic E-state index is -0.819. The number of nitro benzene ring substituents is 1. The Kier molecular flexibility index (Phi) is 6.26. The molecule has 0 saturated heterocycles. The molecule has 0 aliphatic carbocycles. The van der Waals surface area contributed by atoms with E-state index in [9.17, 15) is 19.7 Å². The number of nitrogens with one attached hydrogen (secondary N) is 2. The lowest BCUT2D eigenvalue weighted by molar-refractivity contribution is -0.384. The maximum atomic E-state index is 12.2. The maximum absolute atomic E-state index is 12.2. The zero-order chi connectivity index (χ0) is 19.1. The summed E-state index contributed by atoms with van der Waals surface area (Å²) in [7, 11) is 1.58. The van der Waals surface area contributed by atoms with Gasteiger partial charge in [-0.2, -0.15) is 0 Å². The average molecular weight is 357 g/mol. The fourth-order valence-electron chi connectivity index (χ4n) is 2.35. The fraction of sp³-hybridized carbons (Fsp3) is 0.222. The molecule has 0 aliphatic heterocycles. The molecule has 136 valence electrons. The van der Waals surface area contributed by atoms with Gasteiger partial charge in [0.2, 0.25) is 0 Å². The van der Waals surface area contributed by atoms with Crippen LogP contribution in [0.15, 0.2) is 48.5 Å². The molecular formula is C18H19N3O5. The number of hydrogen-bond acceptors (Lipinski definition) is 6. The number of anilines is 1. The molecule has 0 spiro atoms. The summed E-state index contributed by atoms with van der Waals surface area (Å²) in [5.41, 5.74) is 1.05. The second kappa shape index (κ2) is 8.61. The Morgan fingerprint density at radius 2 is 1.88 bits per heavy atom. The largest absolute Gasteiger partial charge is 0.452 e. The highest BCUT2D eigenvalue weighted by Gasteiger charge is 2.19. The van der Waals surface area contributed by atoms with Crippen LogP contribution in [0.2, 0.25) is 0 Å². The lowest BCUT2D eigenvalue weighted by Gasteiger charge is -2.14. The van der Waals surface area contributed by atoms with E-state index in [2.05, 4.69) is 10.6 Å². The van der Waals surface area contributed by atoms with Crippen LogP contribution in [-0.4, -0.2) is 30.5 Å². The van der Waals surface area contributed by atoms with Crippen molar-refractivity contribution in [1.82, 2.24) is 5.32 Å². The first-order valence-corrected chi connectivity index (χ1v) is 7.90. The van der Waals surface area contributed by atoms with Crippen molar-refractivity contribution in [2.75, 3.05) is 19.0 Å². The molecule has 2 aromatic rings. The van der Waals surface area contributed by atoms with Gasteiger partial charge in [0.05, 0.1) is 16.5 Å². The Morgan fingerprint density at radius 3 is 2.50 bits per heavy atom. The summed E-state index contributed by atoms with van der Waals surface area (Å²) in [4.78, 5) is 34.4. The van der Waals surface area contributed by atoms with Gasteiger partial charge in [0.15, 0.2) is 6.61 Å². The van der Waals surface area contributed by atoms with Gasteiger partial charge in [-0.25, -0.2) is 4.79 Å². The molecule has 8 heteroatoms. The van der Waals surface area contributed by atoms with Crippen molar-refractivity contribution in [1.29, 1.82) is 0 Å². The second-order valence-corrected chi connectivity index (χ2v) is 5.51. The van der Waals surface area contributed by atoms with Gasteiger partial charge in [-0.15, -0.1) is 0 Å². The molecule has 1 atom stereocenters. The first-order chi connectivity index (χ1) is 12.4. The molecule has 0 aromatic heterocycles. The third kappa shape index (κ3) is 4.79. The highest BCUT2D eigenvalue weighted by molar-refractivity contribution is 5.97. The first-order valence-electron chi connectivity index (χ1n) is 7.90. The van der Waals surface area contributed by atoms with Crippen LogP contribution in [-0.2, 0) is 9.53 Å². The number of rotatable bonds is 7. The van der Waals surface area contributed by atoms with Crippen molar-refractivity contribution < 1.29 is 19.2 Å². The second-order valence-electron chi connectivity index (χ2n) is 5.51. The number of nitrogens with zero attached hydrogens (tertiary/aromatic N) is 1. The van der Waals surface area contributed by atoms with Crippen molar-refractivity contribution in [3.05, 3.63) is 69.8 Å². The van der Waals surface area contributed by atoms with E-state index >= 15 is 0 Å². The van der Waals surface area contributed by atoms with Gasteiger partial charge in [-0.3, -0.25) is 14.9 Å². The first kappa shape index (κ1) is 18.9. The van der Waals surface area contributed by atoms with E-state index in [1.54, 1.807) is 7.05 Å². The maximum Gasteiger partial charge on any atom is 0.341 e. The smallest absolute Gasteiger partial charge is 0.341 e. The summed E-state index contributed by atoms with van der Waals surface area (Å²) >= 11 is 0. The highest BCUT2D eigenvalue weighted by atomic mass is 16.6. The van der Waals surface area contributed by atoms with E-state index in [0.29, 0.717) is 5.69 Å². The molecule has 0 radical (unpaired) electrons. The molecule has 0 saturated carbocycles. The lowest BCUT2D eigenvalue weighted by atomic mass is 10.1. The molecule has 2 N–H and O–H groups in total. The van der Waals surface area contributed by atoms with Crippen LogP contribution in [0.1, 0.15) is 28.9 Å². The van der Waals surface area contributed by atoms with Crippen LogP contribution < -0.4 is 10.6 Å². The number of non-ortho nitro benzene ring substituents is 1. The Labute approximate surface area is 150 Å². The van der Waals surface area contributed by atoms with Crippen LogP contribution in [0.5, 0.6) is 0 Å². The molecule has 2 rings (SSSR count). The fourth-order valence-corrected chi connectivity index (χ4v) is 2.35. The molecule has 0 fully saturated rings. The predicted molar refractivity (Wildman–Crippen MR) is 95.9 cm³/mol. The summed E-state index contributed by atoms with van der Waals surface area (Å²) in [5, 5.41) is 16.3. The number of benzene rings is 2. The Hall–Kier alpha value is -3.42. The van der Waals surface area contributed by atoms with E-state index in [4.69, 9.17) is 4.74 Å². The Balaban J connectivity index is 1.98. The minimum absolute atomic E-state index is 0.00870. The van der Waals surface area contributed by atoms with Crippen molar-refractivity contribution in [3.8, 4) is 0 Å². The van der Waals surface area contributed by atoms with Crippen molar-refractivity contribution in [2.45, 2.75) is 13.0 Å². The van der Waals surface area contributed by atoms with E-state index in [1.165, 1.54) is 12.1 Å². The number of carbonyl (C=O) groups excluding carboxylic acids is 2. The summed E-state index contributed by atoms with van der Waals surface area (Å²) in [5.74, 6) is -1.29. The average Bonchev–Trinajstić information content (AvgIpc) is 2.66. The molecular weight excluding hydrogens is 338 g/mol. The predicted octanol–water partition coefficient (Wildman–Crippen LogP) is 2.67. The zero-order valence-corrected chi connectivity index (χ0v) is 14.4. The van der Waals surface area contributed by atoms with Gasteiger partial charge in [-0.05, 0) is 18.6 Å². The minimum Gasteiger partial charge on any atom is -0.452 e. The number of hydrogen-bond donors (Lipinski definition) is 2. The van der Waals surface area contributed by atoms with Gasteiger partial charge in [-0.1, -0.05) is 30.3 Å². The lowest BCUT2D eigenvalue weighted by Crippen LogP contribution is -2.31.